The van der Waals surface area contributed by atoms with Crippen LogP contribution in [0.3, 0.4) is 0 Å². The van der Waals surface area contributed by atoms with Crippen molar-refractivity contribution < 1.29 is 4.79 Å². The molecule has 4 rings (SSSR count). The fraction of sp³-hybridized carbons (Fsp3) is 0.467. The van der Waals surface area contributed by atoms with Gasteiger partial charge in [0.25, 0.3) is 5.91 Å². The van der Waals surface area contributed by atoms with Gasteiger partial charge in [-0.25, -0.2) is 4.98 Å². The number of carbonyl (C=O) groups is 1. The molecule has 4 nitrogen and oxygen atoms in total. The summed E-state index contributed by atoms with van der Waals surface area (Å²) < 4.78 is 0. The molecule has 0 aliphatic carbocycles. The number of nitrogens with zero attached hydrogens (tertiary/aromatic N) is 2. The van der Waals surface area contributed by atoms with Crippen LogP contribution in [-0.4, -0.2) is 41.5 Å². The summed E-state index contributed by atoms with van der Waals surface area (Å²) in [6.45, 7) is 5.36. The molecule has 0 aromatic carbocycles. The van der Waals surface area contributed by atoms with Crippen LogP contribution >= 0.6 is 22.7 Å². The molecule has 2 aromatic rings. The smallest absolute Gasteiger partial charge is 0.261 e. The molecule has 6 heteroatoms. The third-order valence-electron chi connectivity index (χ3n) is 4.35. The van der Waals surface area contributed by atoms with E-state index in [4.69, 9.17) is 0 Å². The molecule has 1 unspecified atom stereocenters. The predicted octanol–water partition coefficient (Wildman–Crippen LogP) is 2.61. The Morgan fingerprint density at radius 2 is 2.33 bits per heavy atom. The Bertz CT molecular complexity index is 678. The van der Waals surface area contributed by atoms with Gasteiger partial charge in [-0.05, 0) is 37.9 Å². The number of hydrogen-bond acceptors (Lipinski definition) is 5. The van der Waals surface area contributed by atoms with Gasteiger partial charge >= 0.3 is 0 Å². The first kappa shape index (κ1) is 13.4. The topological polar surface area (TPSA) is 45.2 Å². The van der Waals surface area contributed by atoms with Gasteiger partial charge in [0.1, 0.15) is 0 Å². The van der Waals surface area contributed by atoms with Gasteiger partial charge in [-0.15, -0.1) is 22.7 Å². The maximum absolute atomic E-state index is 12.4. The third-order valence-corrected chi connectivity index (χ3v) is 6.23. The number of aryl methyl sites for hydroxylation is 1. The van der Waals surface area contributed by atoms with Crippen molar-refractivity contribution in [2.75, 3.05) is 19.6 Å². The van der Waals surface area contributed by atoms with Crippen LogP contribution in [0.25, 0.3) is 10.6 Å². The molecule has 2 aliphatic heterocycles. The molecule has 21 heavy (non-hydrogen) atoms. The molecule has 2 bridgehead atoms. The first-order chi connectivity index (χ1) is 10.2. The minimum absolute atomic E-state index is 0.0666. The molecule has 2 aliphatic rings. The third kappa shape index (κ3) is 2.52. The zero-order chi connectivity index (χ0) is 14.4. The molecule has 1 amide bonds. The molecule has 2 saturated heterocycles. The van der Waals surface area contributed by atoms with Crippen molar-refractivity contribution in [3.05, 3.63) is 27.4 Å². The fourth-order valence-corrected chi connectivity index (χ4v) is 4.82. The minimum Gasteiger partial charge on any atom is -0.347 e. The van der Waals surface area contributed by atoms with E-state index in [1.165, 1.54) is 24.3 Å². The van der Waals surface area contributed by atoms with Crippen molar-refractivity contribution in [3.63, 3.8) is 0 Å². The monoisotopic (exact) mass is 319 g/mol. The lowest BCUT2D eigenvalue weighted by Crippen LogP contribution is -2.42. The van der Waals surface area contributed by atoms with E-state index in [2.05, 4.69) is 15.2 Å². The van der Waals surface area contributed by atoms with Gasteiger partial charge in [-0.3, -0.25) is 4.79 Å². The summed E-state index contributed by atoms with van der Waals surface area (Å²) in [5, 5.41) is 6.31. The second kappa shape index (κ2) is 5.19. The number of aromatic nitrogens is 1. The Hall–Kier alpha value is -1.24. The first-order valence-corrected chi connectivity index (χ1v) is 8.94. The highest BCUT2D eigenvalue weighted by atomic mass is 32.1. The van der Waals surface area contributed by atoms with Crippen molar-refractivity contribution in [2.24, 2.45) is 5.92 Å². The zero-order valence-electron chi connectivity index (χ0n) is 11.8. The molecular formula is C15H17N3OS2. The highest BCUT2D eigenvalue weighted by Gasteiger charge is 2.38. The Kier molecular flexibility index (Phi) is 3.32. The largest absolute Gasteiger partial charge is 0.347 e. The number of amides is 1. The molecule has 0 saturated carbocycles. The van der Waals surface area contributed by atoms with Crippen molar-refractivity contribution in [2.45, 2.75) is 19.4 Å². The van der Waals surface area contributed by atoms with E-state index in [9.17, 15) is 4.79 Å². The van der Waals surface area contributed by atoms with Crippen molar-refractivity contribution in [3.8, 4) is 10.6 Å². The number of hydrogen-bond donors (Lipinski definition) is 1. The molecule has 2 fully saturated rings. The Balaban J connectivity index is 1.46. The van der Waals surface area contributed by atoms with Crippen LogP contribution < -0.4 is 5.32 Å². The van der Waals surface area contributed by atoms with E-state index in [1.807, 2.05) is 24.4 Å². The summed E-state index contributed by atoms with van der Waals surface area (Å²) in [6.07, 6.45) is 1.22. The second-order valence-electron chi connectivity index (χ2n) is 5.80. The number of thiazole rings is 1. The van der Waals surface area contributed by atoms with Gasteiger partial charge in [0.2, 0.25) is 0 Å². The van der Waals surface area contributed by atoms with Gasteiger partial charge in [0.05, 0.1) is 20.5 Å². The normalized spacial score (nSPS) is 27.2. The molecule has 2 aromatic heterocycles. The van der Waals surface area contributed by atoms with Crippen LogP contribution in [-0.2, 0) is 0 Å². The van der Waals surface area contributed by atoms with Crippen molar-refractivity contribution >= 4 is 28.6 Å². The summed E-state index contributed by atoms with van der Waals surface area (Å²) in [5.74, 6) is 0.714. The van der Waals surface area contributed by atoms with Crippen LogP contribution in [0.15, 0.2) is 17.5 Å². The number of fused-ring (bicyclic) bond motifs is 2. The number of nitrogens with one attached hydrogen (secondary N) is 1. The highest BCUT2D eigenvalue weighted by Crippen LogP contribution is 2.30. The number of carbonyl (C=O) groups excluding carboxylic acids is 1. The van der Waals surface area contributed by atoms with Crippen molar-refractivity contribution in [1.29, 1.82) is 0 Å². The molecule has 1 N–H and O–H groups in total. The van der Waals surface area contributed by atoms with Gasteiger partial charge in [0, 0.05) is 24.5 Å². The van der Waals surface area contributed by atoms with E-state index < -0.39 is 0 Å². The fourth-order valence-electron chi connectivity index (χ4n) is 3.26. The van der Waals surface area contributed by atoms with Gasteiger partial charge in [0.15, 0.2) is 0 Å². The summed E-state index contributed by atoms with van der Waals surface area (Å²) in [6, 6.07) is 4.24. The summed E-state index contributed by atoms with van der Waals surface area (Å²) >= 11 is 3.17. The number of piperidine rings is 1. The zero-order valence-corrected chi connectivity index (χ0v) is 13.5. The minimum atomic E-state index is 0.0666. The standard InChI is InChI=1S/C15H17N3OS2/c1-9-16-12(8-20-9)13-2-3-14(21-13)15(19)17-11-7-18-5-4-10(11)6-18/h2-3,8,10-11H,4-7H2,1H3,(H,17,19)/t10-,11-/m0/s1. The van der Waals surface area contributed by atoms with Crippen LogP contribution in [0.2, 0.25) is 0 Å². The lowest BCUT2D eigenvalue weighted by Gasteiger charge is -2.22. The molecular weight excluding hydrogens is 302 g/mol. The van der Waals surface area contributed by atoms with Gasteiger partial charge in [-0.2, -0.15) is 0 Å². The molecule has 110 valence electrons. The molecule has 4 heterocycles. The van der Waals surface area contributed by atoms with Crippen LogP contribution in [0.1, 0.15) is 21.1 Å². The van der Waals surface area contributed by atoms with E-state index >= 15 is 0 Å². The van der Waals surface area contributed by atoms with Crippen molar-refractivity contribution in [1.82, 2.24) is 15.2 Å². The van der Waals surface area contributed by atoms with Crippen LogP contribution in [0.5, 0.6) is 0 Å². The lowest BCUT2D eigenvalue weighted by molar-refractivity contribution is 0.0928. The first-order valence-electron chi connectivity index (χ1n) is 7.24. The average molecular weight is 319 g/mol. The quantitative estimate of drug-likeness (QED) is 0.946. The summed E-state index contributed by atoms with van der Waals surface area (Å²) in [7, 11) is 0. The van der Waals surface area contributed by atoms with Crippen LogP contribution in [0, 0.1) is 12.8 Å². The Morgan fingerprint density at radius 1 is 1.43 bits per heavy atom. The van der Waals surface area contributed by atoms with E-state index in [0.29, 0.717) is 12.0 Å². The highest BCUT2D eigenvalue weighted by molar-refractivity contribution is 7.17. The van der Waals surface area contributed by atoms with Gasteiger partial charge < -0.3 is 10.2 Å². The second-order valence-corrected chi connectivity index (χ2v) is 7.95. The molecule has 3 atom stereocenters. The van der Waals surface area contributed by atoms with E-state index in [-0.39, 0.29) is 5.91 Å². The summed E-state index contributed by atoms with van der Waals surface area (Å²) in [4.78, 5) is 21.2. The molecule has 0 radical (unpaired) electrons. The number of rotatable bonds is 3. The maximum atomic E-state index is 12.4. The maximum Gasteiger partial charge on any atom is 0.261 e. The predicted molar refractivity (Wildman–Crippen MR) is 86.0 cm³/mol. The number of thiophene rings is 1. The average Bonchev–Trinajstić information content (AvgIpc) is 3.22. The summed E-state index contributed by atoms with van der Waals surface area (Å²) in [5.41, 5.74) is 0.979. The van der Waals surface area contributed by atoms with E-state index in [0.717, 1.165) is 33.5 Å². The van der Waals surface area contributed by atoms with Crippen LogP contribution in [0.4, 0.5) is 0 Å². The van der Waals surface area contributed by atoms with Gasteiger partial charge in [-0.1, -0.05) is 0 Å². The Morgan fingerprint density at radius 3 is 3.00 bits per heavy atom. The van der Waals surface area contributed by atoms with E-state index in [1.54, 1.807) is 11.3 Å². The molecule has 0 spiro atoms. The Labute approximate surface area is 131 Å². The SMILES string of the molecule is Cc1nc(-c2ccc(C(=O)N[C@H]3CN4CC[C@H]3C4)s2)cs1. The lowest BCUT2D eigenvalue weighted by atomic mass is 10.00.